The molecule has 98 valence electrons. The minimum Gasteiger partial charge on any atom is -0.395 e. The first kappa shape index (κ1) is 13.1. The molecule has 0 atom stereocenters. The van der Waals surface area contributed by atoms with Crippen molar-refractivity contribution in [2.24, 2.45) is 0 Å². The third-order valence-corrected chi connectivity index (χ3v) is 4.33. The van der Waals surface area contributed by atoms with Crippen molar-refractivity contribution in [3.63, 3.8) is 0 Å². The van der Waals surface area contributed by atoms with Crippen LogP contribution in [0, 0.1) is 11.3 Å². The number of nitrogens with zero attached hydrogens (tertiary/aromatic N) is 3. The molecule has 0 unspecified atom stereocenters. The van der Waals surface area contributed by atoms with Crippen molar-refractivity contribution in [1.29, 1.82) is 5.26 Å². The average Bonchev–Trinajstić information content (AvgIpc) is 2.78. The summed E-state index contributed by atoms with van der Waals surface area (Å²) in [5.41, 5.74) is 6.16. The Kier molecular flexibility index (Phi) is 4.39. The van der Waals surface area contributed by atoms with E-state index in [4.69, 9.17) is 11.0 Å². The number of aliphatic hydroxyl groups is 1. The Morgan fingerprint density at radius 1 is 1.44 bits per heavy atom. The lowest BCUT2D eigenvalue weighted by atomic mass is 9.94. The maximum Gasteiger partial charge on any atom is 0.157 e. The van der Waals surface area contributed by atoms with Gasteiger partial charge in [0.2, 0.25) is 0 Å². The monoisotopic (exact) mass is 266 g/mol. The largest absolute Gasteiger partial charge is 0.395 e. The number of anilines is 2. The van der Waals surface area contributed by atoms with E-state index in [-0.39, 0.29) is 6.61 Å². The Morgan fingerprint density at radius 3 is 2.78 bits per heavy atom. The van der Waals surface area contributed by atoms with Crippen LogP contribution in [0.15, 0.2) is 0 Å². The second-order valence-electron chi connectivity index (χ2n) is 4.57. The third-order valence-electron chi connectivity index (χ3n) is 3.43. The van der Waals surface area contributed by atoms with Gasteiger partial charge in [-0.2, -0.15) is 9.64 Å². The van der Waals surface area contributed by atoms with Gasteiger partial charge in [-0.1, -0.05) is 19.3 Å². The molecule has 1 saturated carbocycles. The summed E-state index contributed by atoms with van der Waals surface area (Å²) < 4.78 is 4.06. The van der Waals surface area contributed by atoms with Crippen molar-refractivity contribution < 1.29 is 5.11 Å². The van der Waals surface area contributed by atoms with Gasteiger partial charge in [0, 0.05) is 12.6 Å². The van der Waals surface area contributed by atoms with Gasteiger partial charge >= 0.3 is 0 Å². The highest BCUT2D eigenvalue weighted by Gasteiger charge is 2.25. The standard InChI is InChI=1S/C12H18N4OS/c13-8-10-11(14)15-18-12(10)16(6-7-17)9-4-2-1-3-5-9/h9,17H,1-7H2,(H2,14,15). The van der Waals surface area contributed by atoms with Gasteiger partial charge in [-0.3, -0.25) is 0 Å². The van der Waals surface area contributed by atoms with E-state index in [2.05, 4.69) is 15.3 Å². The summed E-state index contributed by atoms with van der Waals surface area (Å²) in [5.74, 6) is 0.302. The summed E-state index contributed by atoms with van der Waals surface area (Å²) in [5, 5.41) is 19.2. The molecule has 1 aliphatic rings. The summed E-state index contributed by atoms with van der Waals surface area (Å²) in [6.45, 7) is 0.625. The van der Waals surface area contributed by atoms with Crippen LogP contribution in [0.5, 0.6) is 0 Å². The smallest absolute Gasteiger partial charge is 0.157 e. The molecule has 0 radical (unpaired) electrons. The number of hydrogen-bond donors (Lipinski definition) is 2. The highest BCUT2D eigenvalue weighted by atomic mass is 32.1. The Labute approximate surface area is 111 Å². The van der Waals surface area contributed by atoms with Gasteiger partial charge in [-0.25, -0.2) is 0 Å². The van der Waals surface area contributed by atoms with Gasteiger partial charge in [0.1, 0.15) is 16.6 Å². The van der Waals surface area contributed by atoms with E-state index in [1.807, 2.05) is 0 Å². The fourth-order valence-electron chi connectivity index (χ4n) is 2.54. The van der Waals surface area contributed by atoms with Crippen LogP contribution >= 0.6 is 11.5 Å². The summed E-state index contributed by atoms with van der Waals surface area (Å²) >= 11 is 1.26. The molecule has 1 heterocycles. The number of nitrogen functional groups attached to an aromatic ring is 1. The molecule has 0 spiro atoms. The summed E-state index contributed by atoms with van der Waals surface area (Å²) in [4.78, 5) is 2.12. The number of nitrogens with two attached hydrogens (primary N) is 1. The van der Waals surface area contributed by atoms with Crippen LogP contribution in [0.25, 0.3) is 0 Å². The number of hydrogen-bond acceptors (Lipinski definition) is 6. The van der Waals surface area contributed by atoms with Crippen molar-refractivity contribution in [2.45, 2.75) is 38.1 Å². The number of nitriles is 1. The number of rotatable bonds is 4. The van der Waals surface area contributed by atoms with Crippen molar-refractivity contribution in [3.8, 4) is 6.07 Å². The zero-order valence-corrected chi connectivity index (χ0v) is 11.1. The number of aliphatic hydroxyl groups excluding tert-OH is 1. The highest BCUT2D eigenvalue weighted by Crippen LogP contribution is 2.34. The molecule has 2 rings (SSSR count). The Bertz CT molecular complexity index is 434. The van der Waals surface area contributed by atoms with E-state index in [1.165, 1.54) is 30.8 Å². The maximum atomic E-state index is 9.23. The molecule has 3 N–H and O–H groups in total. The van der Waals surface area contributed by atoms with Crippen LogP contribution in [-0.4, -0.2) is 28.7 Å². The van der Waals surface area contributed by atoms with Gasteiger partial charge in [-0.05, 0) is 24.4 Å². The summed E-state index contributed by atoms with van der Waals surface area (Å²) in [7, 11) is 0. The zero-order valence-electron chi connectivity index (χ0n) is 10.3. The lowest BCUT2D eigenvalue weighted by Gasteiger charge is -2.34. The molecule has 0 saturated heterocycles. The van der Waals surface area contributed by atoms with Crippen molar-refractivity contribution >= 4 is 22.4 Å². The Hall–Kier alpha value is -1.32. The van der Waals surface area contributed by atoms with E-state index in [0.29, 0.717) is 24.0 Å². The molecule has 1 aromatic heterocycles. The van der Waals surface area contributed by atoms with Crippen molar-refractivity contribution in [1.82, 2.24) is 4.37 Å². The molecule has 6 heteroatoms. The molecule has 0 aliphatic heterocycles. The van der Waals surface area contributed by atoms with Gasteiger partial charge in [0.25, 0.3) is 0 Å². The summed E-state index contributed by atoms with van der Waals surface area (Å²) in [6, 6.07) is 2.52. The topological polar surface area (TPSA) is 86.2 Å². The van der Waals surface area contributed by atoms with Gasteiger partial charge in [0.05, 0.1) is 6.61 Å². The second kappa shape index (κ2) is 6.03. The van der Waals surface area contributed by atoms with E-state index in [9.17, 15) is 5.11 Å². The first-order chi connectivity index (χ1) is 8.77. The van der Waals surface area contributed by atoms with Crippen molar-refractivity contribution in [2.75, 3.05) is 23.8 Å². The molecule has 1 aromatic rings. The molecule has 0 aromatic carbocycles. The predicted octanol–water partition coefficient (Wildman–Crippen LogP) is 1.73. The lowest BCUT2D eigenvalue weighted by molar-refractivity contribution is 0.290. The average molecular weight is 266 g/mol. The molecule has 1 aliphatic carbocycles. The first-order valence-corrected chi connectivity index (χ1v) is 7.08. The number of aromatic nitrogens is 1. The molecule has 5 nitrogen and oxygen atoms in total. The van der Waals surface area contributed by atoms with Gasteiger partial charge < -0.3 is 15.7 Å². The van der Waals surface area contributed by atoms with Crippen LogP contribution in [0.4, 0.5) is 10.8 Å². The lowest BCUT2D eigenvalue weighted by Crippen LogP contribution is -2.38. The van der Waals surface area contributed by atoms with Crippen LogP contribution in [0.2, 0.25) is 0 Å². The SMILES string of the molecule is N#Cc1c(N)nsc1N(CCO)C1CCCCC1. The zero-order chi connectivity index (χ0) is 13.0. The van der Waals surface area contributed by atoms with Crippen LogP contribution < -0.4 is 10.6 Å². The minimum atomic E-state index is 0.0825. The molecular formula is C12H18N4OS. The quantitative estimate of drug-likeness (QED) is 0.866. The van der Waals surface area contributed by atoms with E-state index in [1.54, 1.807) is 0 Å². The molecule has 0 amide bonds. The summed E-state index contributed by atoms with van der Waals surface area (Å²) in [6.07, 6.45) is 5.93. The van der Waals surface area contributed by atoms with Gasteiger partial charge in [0.15, 0.2) is 5.82 Å². The first-order valence-electron chi connectivity index (χ1n) is 6.30. The van der Waals surface area contributed by atoms with E-state index >= 15 is 0 Å². The Morgan fingerprint density at radius 2 is 2.17 bits per heavy atom. The van der Waals surface area contributed by atoms with Crippen LogP contribution in [0.1, 0.15) is 37.7 Å². The molecule has 18 heavy (non-hydrogen) atoms. The van der Waals surface area contributed by atoms with E-state index in [0.717, 1.165) is 17.8 Å². The fourth-order valence-corrected chi connectivity index (χ4v) is 3.41. The molecule has 1 fully saturated rings. The highest BCUT2D eigenvalue weighted by molar-refractivity contribution is 7.10. The fraction of sp³-hybridized carbons (Fsp3) is 0.667. The predicted molar refractivity (Wildman–Crippen MR) is 72.5 cm³/mol. The van der Waals surface area contributed by atoms with Crippen LogP contribution in [-0.2, 0) is 0 Å². The maximum absolute atomic E-state index is 9.23. The molecule has 0 bridgehead atoms. The Balaban J connectivity index is 2.25. The van der Waals surface area contributed by atoms with Crippen LogP contribution in [0.3, 0.4) is 0 Å². The van der Waals surface area contributed by atoms with Gasteiger partial charge in [-0.15, -0.1) is 0 Å². The second-order valence-corrected chi connectivity index (χ2v) is 5.32. The van der Waals surface area contributed by atoms with E-state index < -0.39 is 0 Å². The van der Waals surface area contributed by atoms with Crippen molar-refractivity contribution in [3.05, 3.63) is 5.56 Å². The normalized spacial score (nSPS) is 16.4. The molecular weight excluding hydrogens is 248 g/mol. The minimum absolute atomic E-state index is 0.0825. The third kappa shape index (κ3) is 2.57.